The molecule has 0 saturated carbocycles. The van der Waals surface area contributed by atoms with Gasteiger partial charge in [0, 0.05) is 5.39 Å². The summed E-state index contributed by atoms with van der Waals surface area (Å²) in [6, 6.07) is 5.29. The summed E-state index contributed by atoms with van der Waals surface area (Å²) in [5.74, 6) is -1.70. The fraction of sp³-hybridized carbons (Fsp3) is 0.182. The molecule has 0 fully saturated rings. The van der Waals surface area contributed by atoms with Gasteiger partial charge in [0.25, 0.3) is 0 Å². The third-order valence-electron chi connectivity index (χ3n) is 2.19. The molecule has 0 aliphatic carbocycles. The Kier molecular flexibility index (Phi) is 3.04. The molecule has 0 atom stereocenters. The number of carbonyl (C=O) groups excluding carboxylic acids is 2. The Morgan fingerprint density at radius 2 is 2.29 bits per heavy atom. The van der Waals surface area contributed by atoms with E-state index in [9.17, 15) is 9.59 Å². The number of rotatable bonds is 2. The highest BCUT2D eigenvalue weighted by atomic mass is 16.5. The maximum absolute atomic E-state index is 11.4. The van der Waals surface area contributed by atoms with Crippen LogP contribution in [0.25, 0.3) is 10.9 Å². The van der Waals surface area contributed by atoms with Crippen LogP contribution in [0.15, 0.2) is 24.4 Å². The Balaban J connectivity index is 2.21. The second-order valence-electron chi connectivity index (χ2n) is 3.31. The van der Waals surface area contributed by atoms with Crippen LogP contribution < -0.4 is 5.32 Å². The number of hydrogen-bond acceptors (Lipinski definition) is 4. The number of aromatic nitrogens is 2. The van der Waals surface area contributed by atoms with Crippen molar-refractivity contribution in [2.24, 2.45) is 0 Å². The lowest BCUT2D eigenvalue weighted by molar-refractivity contribution is -0.152. The molecule has 1 heterocycles. The molecule has 88 valence electrons. The van der Waals surface area contributed by atoms with Crippen molar-refractivity contribution >= 4 is 28.5 Å². The number of H-pyrrole nitrogens is 1. The summed E-state index contributed by atoms with van der Waals surface area (Å²) < 4.78 is 4.59. The van der Waals surface area contributed by atoms with Crippen molar-refractivity contribution in [3.8, 4) is 0 Å². The molecule has 0 spiro atoms. The molecule has 0 aliphatic heterocycles. The highest BCUT2D eigenvalue weighted by Gasteiger charge is 2.16. The normalized spacial score (nSPS) is 10.2. The average molecular weight is 233 g/mol. The summed E-state index contributed by atoms with van der Waals surface area (Å²) in [7, 11) is 0. The molecule has 0 bridgehead atoms. The molecular weight excluding hydrogens is 222 g/mol. The average Bonchev–Trinajstić information content (AvgIpc) is 2.78. The van der Waals surface area contributed by atoms with Crippen LogP contribution in [0.2, 0.25) is 0 Å². The number of para-hydroxylation sites is 1. The molecule has 2 rings (SSSR count). The van der Waals surface area contributed by atoms with Gasteiger partial charge in [0.1, 0.15) is 0 Å². The molecule has 1 aromatic heterocycles. The van der Waals surface area contributed by atoms with E-state index in [-0.39, 0.29) is 6.61 Å². The Labute approximate surface area is 97.0 Å². The largest absolute Gasteiger partial charge is 0.459 e. The first-order valence-electron chi connectivity index (χ1n) is 5.12. The third-order valence-corrected chi connectivity index (χ3v) is 2.19. The van der Waals surface area contributed by atoms with E-state index in [0.29, 0.717) is 11.2 Å². The van der Waals surface area contributed by atoms with Gasteiger partial charge in [0.05, 0.1) is 24.0 Å². The van der Waals surface area contributed by atoms with Crippen LogP contribution in [0, 0.1) is 0 Å². The lowest BCUT2D eigenvalue weighted by Gasteiger charge is -2.05. The Bertz CT molecular complexity index is 562. The van der Waals surface area contributed by atoms with Gasteiger partial charge in [-0.3, -0.25) is 9.89 Å². The summed E-state index contributed by atoms with van der Waals surface area (Å²) in [6.07, 6.45) is 1.63. The number of aromatic amines is 1. The minimum absolute atomic E-state index is 0.167. The van der Waals surface area contributed by atoms with E-state index in [1.165, 1.54) is 0 Å². The van der Waals surface area contributed by atoms with E-state index in [0.717, 1.165) is 5.39 Å². The Morgan fingerprint density at radius 3 is 3.06 bits per heavy atom. The Morgan fingerprint density at radius 1 is 1.47 bits per heavy atom. The molecule has 2 N–H and O–H groups in total. The van der Waals surface area contributed by atoms with Crippen LogP contribution in [0.5, 0.6) is 0 Å². The predicted octanol–water partition coefficient (Wildman–Crippen LogP) is 1.06. The van der Waals surface area contributed by atoms with Crippen LogP contribution >= 0.6 is 0 Å². The quantitative estimate of drug-likeness (QED) is 0.600. The van der Waals surface area contributed by atoms with Crippen LogP contribution in [-0.2, 0) is 14.3 Å². The number of nitrogens with one attached hydrogen (secondary N) is 2. The molecule has 1 amide bonds. The SMILES string of the molecule is CCOC(=O)C(=O)Nc1cccc2cn[nH]c12. The van der Waals surface area contributed by atoms with Crippen molar-refractivity contribution in [3.63, 3.8) is 0 Å². The Hall–Kier alpha value is -2.37. The molecule has 0 radical (unpaired) electrons. The molecule has 17 heavy (non-hydrogen) atoms. The third kappa shape index (κ3) is 2.25. The summed E-state index contributed by atoms with van der Waals surface area (Å²) in [6.45, 7) is 1.81. The number of fused-ring (bicyclic) bond motifs is 1. The van der Waals surface area contributed by atoms with Gasteiger partial charge in [-0.15, -0.1) is 0 Å². The van der Waals surface area contributed by atoms with E-state index in [2.05, 4.69) is 20.3 Å². The molecule has 1 aromatic carbocycles. The number of anilines is 1. The second kappa shape index (κ2) is 4.65. The lowest BCUT2D eigenvalue weighted by atomic mass is 10.2. The molecule has 0 unspecified atom stereocenters. The molecule has 2 aromatic rings. The van der Waals surface area contributed by atoms with Crippen LogP contribution in [0.1, 0.15) is 6.92 Å². The summed E-state index contributed by atoms with van der Waals surface area (Å²) in [5.41, 5.74) is 1.17. The summed E-state index contributed by atoms with van der Waals surface area (Å²) in [4.78, 5) is 22.6. The fourth-order valence-electron chi connectivity index (χ4n) is 1.44. The number of benzene rings is 1. The topological polar surface area (TPSA) is 84.1 Å². The van der Waals surface area contributed by atoms with Crippen molar-refractivity contribution in [2.45, 2.75) is 6.92 Å². The molecular formula is C11H11N3O3. The zero-order valence-corrected chi connectivity index (χ0v) is 9.19. The number of esters is 1. The van der Waals surface area contributed by atoms with Gasteiger partial charge in [0.15, 0.2) is 0 Å². The number of hydrogen-bond donors (Lipinski definition) is 2. The number of ether oxygens (including phenoxy) is 1. The minimum Gasteiger partial charge on any atom is -0.459 e. The lowest BCUT2D eigenvalue weighted by Crippen LogP contribution is -2.25. The van der Waals surface area contributed by atoms with Crippen molar-refractivity contribution in [1.82, 2.24) is 10.2 Å². The highest BCUT2D eigenvalue weighted by Crippen LogP contribution is 2.20. The number of nitrogens with zero attached hydrogens (tertiary/aromatic N) is 1. The van der Waals surface area contributed by atoms with Crippen LogP contribution in [0.4, 0.5) is 5.69 Å². The molecule has 0 saturated heterocycles. The second-order valence-corrected chi connectivity index (χ2v) is 3.31. The fourth-order valence-corrected chi connectivity index (χ4v) is 1.44. The van der Waals surface area contributed by atoms with Gasteiger partial charge in [0.2, 0.25) is 0 Å². The molecule has 6 nitrogen and oxygen atoms in total. The smallest absolute Gasteiger partial charge is 0.397 e. The van der Waals surface area contributed by atoms with Crippen LogP contribution in [0.3, 0.4) is 0 Å². The van der Waals surface area contributed by atoms with E-state index in [1.54, 1.807) is 25.3 Å². The van der Waals surface area contributed by atoms with E-state index >= 15 is 0 Å². The summed E-state index contributed by atoms with van der Waals surface area (Å²) in [5, 5.41) is 9.93. The molecule has 0 aliphatic rings. The monoisotopic (exact) mass is 233 g/mol. The maximum Gasteiger partial charge on any atom is 0.397 e. The first-order valence-corrected chi connectivity index (χ1v) is 5.12. The zero-order valence-electron chi connectivity index (χ0n) is 9.19. The van der Waals surface area contributed by atoms with Crippen LogP contribution in [-0.4, -0.2) is 28.7 Å². The van der Waals surface area contributed by atoms with Gasteiger partial charge >= 0.3 is 11.9 Å². The summed E-state index contributed by atoms with van der Waals surface area (Å²) >= 11 is 0. The maximum atomic E-state index is 11.4. The van der Waals surface area contributed by atoms with E-state index < -0.39 is 11.9 Å². The minimum atomic E-state index is -0.899. The first-order chi connectivity index (χ1) is 8.22. The molecule has 6 heteroatoms. The zero-order chi connectivity index (χ0) is 12.3. The number of carbonyl (C=O) groups is 2. The van der Waals surface area contributed by atoms with Gasteiger partial charge in [-0.1, -0.05) is 12.1 Å². The highest BCUT2D eigenvalue weighted by molar-refractivity contribution is 6.37. The van der Waals surface area contributed by atoms with Gasteiger partial charge in [-0.25, -0.2) is 4.79 Å². The van der Waals surface area contributed by atoms with Gasteiger partial charge in [-0.2, -0.15) is 5.10 Å². The van der Waals surface area contributed by atoms with E-state index in [4.69, 9.17) is 0 Å². The predicted molar refractivity (Wildman–Crippen MR) is 61.4 cm³/mol. The first kappa shape index (κ1) is 11.1. The van der Waals surface area contributed by atoms with Crippen molar-refractivity contribution in [2.75, 3.05) is 11.9 Å². The van der Waals surface area contributed by atoms with E-state index in [1.807, 2.05) is 6.07 Å². The van der Waals surface area contributed by atoms with Gasteiger partial charge in [-0.05, 0) is 13.0 Å². The standard InChI is InChI=1S/C11H11N3O3/c1-2-17-11(16)10(15)13-8-5-3-4-7-6-12-14-9(7)8/h3-6H,2H2,1H3,(H,12,14)(H,13,15). The number of amides is 1. The van der Waals surface area contributed by atoms with Crippen molar-refractivity contribution < 1.29 is 14.3 Å². The van der Waals surface area contributed by atoms with Crippen molar-refractivity contribution in [3.05, 3.63) is 24.4 Å². The van der Waals surface area contributed by atoms with Crippen molar-refractivity contribution in [1.29, 1.82) is 0 Å². The van der Waals surface area contributed by atoms with Gasteiger partial charge < -0.3 is 10.1 Å².